The van der Waals surface area contributed by atoms with Crippen LogP contribution in [0.1, 0.15) is 130 Å². The van der Waals surface area contributed by atoms with Crippen LogP contribution in [0.4, 0.5) is 4.79 Å². The summed E-state index contributed by atoms with van der Waals surface area (Å²) in [4.78, 5) is 71.4. The molecule has 2 aliphatic heterocycles. The maximum Gasteiger partial charge on any atom is 0.315 e. The SMILES string of the molecule is CC1([C@H](NC(=O)NC2(CS(=O)(=O)N3CCC3)CCCCC2)C(=O)N2C[C@H]3[C@@H]([C@H]2C(=O)N[C@@H](CCC2CC2)C(=O)C(=O)NC2CC2)C3(C)C)CCCCC1. The number of nitrogens with one attached hydrogen (secondary N) is 4. The summed E-state index contributed by atoms with van der Waals surface area (Å²) in [6, 6.07) is -3.26. The third kappa shape index (κ3) is 8.28. The Morgan fingerprint density at radius 2 is 1.45 bits per heavy atom. The second-order valence-electron chi connectivity index (χ2n) is 18.7. The highest BCUT2D eigenvalue weighted by Gasteiger charge is 2.70. The molecule has 7 aliphatic rings. The number of likely N-dealkylation sites (tertiary alicyclic amines) is 1. The van der Waals surface area contributed by atoms with Gasteiger partial charge in [0.1, 0.15) is 12.1 Å². The summed E-state index contributed by atoms with van der Waals surface area (Å²) in [5.74, 6) is -1.70. The quantitative estimate of drug-likeness (QED) is 0.185. The minimum absolute atomic E-state index is 0.0166. The summed E-state index contributed by atoms with van der Waals surface area (Å²) < 4.78 is 28.2. The van der Waals surface area contributed by atoms with E-state index in [9.17, 15) is 32.4 Å². The molecule has 0 bridgehead atoms. The number of piperidine rings is 1. The standard InChI is InChI=1S/C39H62N6O7S/c1-37(2)27-23-45(30(29(27)37)33(47)41-28(16-13-25-11-12-25)31(46)34(48)40-26-14-15-26)35(49)32(38(3)17-6-4-7-18-38)42-36(50)43-39(19-8-5-9-20-39)24-53(51,52)44-21-10-22-44/h25-30,32H,4-24H2,1-3H3,(H,40,48)(H,41,47)(H2,42,43,50)/t27-,28-,29-,30-,32+/m0/s1. The number of nitrogens with zero attached hydrogens (tertiary/aromatic N) is 2. The van der Waals surface area contributed by atoms with E-state index in [-0.39, 0.29) is 35.0 Å². The number of sulfonamides is 1. The Balaban J connectivity index is 1.11. The molecule has 7 fully saturated rings. The van der Waals surface area contributed by atoms with Crippen LogP contribution >= 0.6 is 0 Å². The second-order valence-corrected chi connectivity index (χ2v) is 20.6. The van der Waals surface area contributed by atoms with Crippen molar-refractivity contribution in [1.29, 1.82) is 0 Å². The second kappa shape index (κ2) is 14.7. The van der Waals surface area contributed by atoms with Crippen molar-refractivity contribution < 1.29 is 32.4 Å². The number of carbonyl (C=O) groups is 5. The normalized spacial score (nSPS) is 29.8. The van der Waals surface area contributed by atoms with E-state index < -0.39 is 62.7 Å². The minimum atomic E-state index is -3.56. The smallest absolute Gasteiger partial charge is 0.315 e. The van der Waals surface area contributed by atoms with Crippen LogP contribution in [0.25, 0.3) is 0 Å². The van der Waals surface area contributed by atoms with Crippen molar-refractivity contribution in [1.82, 2.24) is 30.5 Å². The predicted octanol–water partition coefficient (Wildman–Crippen LogP) is 3.37. The van der Waals surface area contributed by atoms with Crippen LogP contribution < -0.4 is 21.3 Å². The van der Waals surface area contributed by atoms with Crippen LogP contribution in [0.15, 0.2) is 0 Å². The van der Waals surface area contributed by atoms with Crippen molar-refractivity contribution in [2.24, 2.45) is 28.6 Å². The zero-order chi connectivity index (χ0) is 37.8. The molecule has 13 nitrogen and oxygen atoms in total. The Labute approximate surface area is 315 Å². The topological polar surface area (TPSA) is 174 Å². The zero-order valence-corrected chi connectivity index (χ0v) is 32.9. The van der Waals surface area contributed by atoms with E-state index in [1.54, 1.807) is 4.90 Å². The lowest BCUT2D eigenvalue weighted by Crippen LogP contribution is -2.65. The largest absolute Gasteiger partial charge is 0.347 e. The molecule has 0 radical (unpaired) electrons. The highest BCUT2D eigenvalue weighted by atomic mass is 32.2. The van der Waals surface area contributed by atoms with Crippen molar-refractivity contribution in [2.75, 3.05) is 25.4 Å². The Hall–Kier alpha value is -2.74. The Bertz CT molecular complexity index is 1560. The van der Waals surface area contributed by atoms with Crippen LogP contribution in [0.3, 0.4) is 0 Å². The van der Waals surface area contributed by atoms with Gasteiger partial charge in [0.15, 0.2) is 0 Å². The molecule has 0 aromatic carbocycles. The number of fused-ring (bicyclic) bond motifs is 1. The van der Waals surface area contributed by atoms with Crippen LogP contribution in [-0.4, -0.2) is 102 Å². The number of carbonyl (C=O) groups excluding carboxylic acids is 5. The molecule has 53 heavy (non-hydrogen) atoms. The van der Waals surface area contributed by atoms with Gasteiger partial charge in [-0.05, 0) is 86.4 Å². The summed E-state index contributed by atoms with van der Waals surface area (Å²) in [5, 5.41) is 11.9. The summed E-state index contributed by atoms with van der Waals surface area (Å²) in [7, 11) is -3.56. The number of amides is 5. The molecule has 14 heteroatoms. The van der Waals surface area contributed by atoms with Crippen molar-refractivity contribution in [3.8, 4) is 0 Å². The molecule has 0 unspecified atom stereocenters. The summed E-state index contributed by atoms with van der Waals surface area (Å²) in [6.45, 7) is 7.63. The average Bonchev–Trinajstić information content (AvgIpc) is 4.03. The number of hydrogen-bond donors (Lipinski definition) is 4. The molecule has 5 saturated carbocycles. The number of rotatable bonds is 15. The Kier molecular flexibility index (Phi) is 10.7. The maximum absolute atomic E-state index is 15.0. The first-order chi connectivity index (χ1) is 25.1. The molecule has 2 saturated heterocycles. The fraction of sp³-hybridized carbons (Fsp3) is 0.872. The van der Waals surface area contributed by atoms with Gasteiger partial charge in [-0.2, -0.15) is 0 Å². The summed E-state index contributed by atoms with van der Waals surface area (Å²) >= 11 is 0. The number of urea groups is 1. The van der Waals surface area contributed by atoms with E-state index in [2.05, 4.69) is 35.1 Å². The first kappa shape index (κ1) is 38.5. The van der Waals surface area contributed by atoms with Crippen molar-refractivity contribution in [2.45, 2.75) is 160 Å². The molecule has 2 heterocycles. The lowest BCUT2D eigenvalue weighted by Gasteiger charge is -2.44. The zero-order valence-electron chi connectivity index (χ0n) is 32.1. The van der Waals surface area contributed by atoms with Gasteiger partial charge in [-0.1, -0.05) is 72.1 Å². The van der Waals surface area contributed by atoms with Crippen LogP contribution in [0, 0.1) is 28.6 Å². The molecular formula is C39H62N6O7S. The predicted molar refractivity (Wildman–Crippen MR) is 199 cm³/mol. The molecule has 0 spiro atoms. The Morgan fingerprint density at radius 3 is 2.04 bits per heavy atom. The monoisotopic (exact) mass is 758 g/mol. The number of hydrogen-bond acceptors (Lipinski definition) is 7. The minimum Gasteiger partial charge on any atom is -0.347 e. The number of ketones is 1. The molecule has 4 N–H and O–H groups in total. The van der Waals surface area contributed by atoms with Crippen LogP contribution in [-0.2, 0) is 29.2 Å². The van der Waals surface area contributed by atoms with E-state index in [4.69, 9.17) is 0 Å². The molecule has 7 rings (SSSR count). The highest BCUT2D eigenvalue weighted by Crippen LogP contribution is 2.65. The third-order valence-corrected chi connectivity index (χ3v) is 16.2. The summed E-state index contributed by atoms with van der Waals surface area (Å²) in [5.41, 5.74) is -1.67. The van der Waals surface area contributed by atoms with Crippen molar-refractivity contribution in [3.05, 3.63) is 0 Å². The fourth-order valence-corrected chi connectivity index (χ4v) is 12.1. The van der Waals surface area contributed by atoms with Crippen LogP contribution in [0.2, 0.25) is 0 Å². The van der Waals surface area contributed by atoms with Crippen molar-refractivity contribution in [3.63, 3.8) is 0 Å². The van der Waals surface area contributed by atoms with Gasteiger partial charge in [-0.3, -0.25) is 19.2 Å². The number of Topliss-reactive ketones (excluding diaryl/α,β-unsaturated/α-hetero) is 1. The maximum atomic E-state index is 15.0. The molecular weight excluding hydrogens is 697 g/mol. The van der Waals surface area contributed by atoms with Crippen LogP contribution in [0.5, 0.6) is 0 Å². The highest BCUT2D eigenvalue weighted by molar-refractivity contribution is 7.89. The van der Waals surface area contributed by atoms with Gasteiger partial charge in [0.25, 0.3) is 5.91 Å². The van der Waals surface area contributed by atoms with E-state index in [1.807, 2.05) is 6.92 Å². The van der Waals surface area contributed by atoms with Gasteiger partial charge in [0.05, 0.1) is 17.3 Å². The molecule has 5 atom stereocenters. The van der Waals surface area contributed by atoms with Crippen molar-refractivity contribution >= 4 is 39.6 Å². The van der Waals surface area contributed by atoms with Gasteiger partial charge in [-0.25, -0.2) is 17.5 Å². The lowest BCUT2D eigenvalue weighted by molar-refractivity contribution is -0.146. The van der Waals surface area contributed by atoms with Gasteiger partial charge < -0.3 is 26.2 Å². The fourth-order valence-electron chi connectivity index (χ4n) is 10.1. The first-order valence-electron chi connectivity index (χ1n) is 20.6. The van der Waals surface area contributed by atoms with E-state index in [1.165, 1.54) is 4.31 Å². The molecule has 5 aliphatic carbocycles. The van der Waals surface area contributed by atoms with E-state index >= 15 is 0 Å². The molecule has 0 aromatic heterocycles. The first-order valence-corrected chi connectivity index (χ1v) is 22.3. The van der Waals surface area contributed by atoms with Gasteiger partial charge in [-0.15, -0.1) is 0 Å². The lowest BCUT2D eigenvalue weighted by atomic mass is 9.70. The summed E-state index contributed by atoms with van der Waals surface area (Å²) in [6.07, 6.45) is 13.9. The van der Waals surface area contributed by atoms with E-state index in [0.717, 1.165) is 89.9 Å². The molecule has 296 valence electrons. The van der Waals surface area contributed by atoms with Gasteiger partial charge >= 0.3 is 6.03 Å². The van der Waals surface area contributed by atoms with E-state index in [0.29, 0.717) is 44.8 Å². The Morgan fingerprint density at radius 1 is 0.811 bits per heavy atom. The third-order valence-electron chi connectivity index (χ3n) is 14.2. The van der Waals surface area contributed by atoms with Gasteiger partial charge in [0, 0.05) is 25.7 Å². The average molecular weight is 759 g/mol. The van der Waals surface area contributed by atoms with Gasteiger partial charge in [0.2, 0.25) is 27.6 Å². The molecule has 0 aromatic rings. The molecule has 5 amide bonds.